The number of likely N-dealkylation sites (N-methyl/N-ethyl adjacent to an activating group) is 1. The molecule has 31 heavy (non-hydrogen) atoms. The van der Waals surface area contributed by atoms with Crippen molar-refractivity contribution in [2.45, 2.75) is 6.04 Å². The molecular formula is C25H28N3O3+. The topological polar surface area (TPSA) is 71.9 Å². The van der Waals surface area contributed by atoms with Crippen LogP contribution in [-0.2, 0) is 4.79 Å². The number of rotatable bonds is 9. The maximum absolute atomic E-state index is 12.4. The fourth-order valence-corrected chi connectivity index (χ4v) is 3.15. The van der Waals surface area contributed by atoms with E-state index in [0.717, 1.165) is 17.9 Å². The van der Waals surface area contributed by atoms with E-state index < -0.39 is 0 Å². The van der Waals surface area contributed by atoms with Crippen LogP contribution < -0.4 is 20.3 Å². The molecular weight excluding hydrogens is 390 g/mol. The lowest BCUT2D eigenvalue weighted by Gasteiger charge is -2.21. The zero-order chi connectivity index (χ0) is 22.1. The molecule has 0 fully saturated rings. The fourth-order valence-electron chi connectivity index (χ4n) is 3.15. The summed E-state index contributed by atoms with van der Waals surface area (Å²) >= 11 is 0. The van der Waals surface area contributed by atoms with Crippen molar-refractivity contribution in [2.24, 2.45) is 0 Å². The van der Waals surface area contributed by atoms with E-state index in [2.05, 4.69) is 10.6 Å². The van der Waals surface area contributed by atoms with E-state index >= 15 is 0 Å². The summed E-state index contributed by atoms with van der Waals surface area (Å²) in [5.41, 5.74) is 1.50. The van der Waals surface area contributed by atoms with Crippen LogP contribution in [0, 0.1) is 0 Å². The standard InChI is InChI=1S/C25H27N3O3/c1-28(2)18-23(19-9-5-3-6-10-19)27-24(29)17-26-25(30)20-13-15-22(16-14-20)31-21-11-7-4-8-12-21/h3-16,23H,17-18H2,1-2H3,(H,26,30)(H,27,29)/p+1/t23-/m1/s1. The molecule has 3 rings (SSSR count). The summed E-state index contributed by atoms with van der Waals surface area (Å²) < 4.78 is 5.73. The number of ether oxygens (including phenoxy) is 1. The van der Waals surface area contributed by atoms with Gasteiger partial charge in [0.15, 0.2) is 0 Å². The lowest BCUT2D eigenvalue weighted by atomic mass is 10.1. The van der Waals surface area contributed by atoms with Crippen molar-refractivity contribution >= 4 is 11.8 Å². The minimum atomic E-state index is -0.309. The molecule has 0 aliphatic heterocycles. The molecule has 0 spiro atoms. The first kappa shape index (κ1) is 22.1. The number of nitrogens with one attached hydrogen (secondary N) is 3. The van der Waals surface area contributed by atoms with Crippen LogP contribution >= 0.6 is 0 Å². The molecule has 6 nitrogen and oxygen atoms in total. The summed E-state index contributed by atoms with van der Waals surface area (Å²) in [5.74, 6) is 0.824. The van der Waals surface area contributed by atoms with E-state index in [9.17, 15) is 9.59 Å². The highest BCUT2D eigenvalue weighted by Crippen LogP contribution is 2.21. The van der Waals surface area contributed by atoms with Gasteiger partial charge in [0.25, 0.3) is 5.91 Å². The average Bonchev–Trinajstić information content (AvgIpc) is 2.78. The number of amides is 2. The Kier molecular flexibility index (Phi) is 7.79. The summed E-state index contributed by atoms with van der Waals surface area (Å²) in [5, 5.41) is 5.69. The van der Waals surface area contributed by atoms with Crippen LogP contribution in [0.4, 0.5) is 0 Å². The Balaban J connectivity index is 1.52. The lowest BCUT2D eigenvalue weighted by Crippen LogP contribution is -3.06. The molecule has 0 heterocycles. The van der Waals surface area contributed by atoms with Gasteiger partial charge in [-0.3, -0.25) is 9.59 Å². The number of hydrogen-bond acceptors (Lipinski definition) is 3. The van der Waals surface area contributed by atoms with Gasteiger partial charge in [-0.05, 0) is 42.0 Å². The number of hydrogen-bond donors (Lipinski definition) is 3. The molecule has 2 amide bonds. The van der Waals surface area contributed by atoms with E-state index in [4.69, 9.17) is 4.74 Å². The molecule has 0 saturated heterocycles. The molecule has 0 radical (unpaired) electrons. The second kappa shape index (κ2) is 10.9. The lowest BCUT2D eigenvalue weighted by molar-refractivity contribution is -0.860. The molecule has 6 heteroatoms. The van der Waals surface area contributed by atoms with E-state index in [1.54, 1.807) is 24.3 Å². The second-order valence-corrected chi connectivity index (χ2v) is 7.56. The smallest absolute Gasteiger partial charge is 0.251 e. The van der Waals surface area contributed by atoms with Crippen LogP contribution in [0.15, 0.2) is 84.9 Å². The van der Waals surface area contributed by atoms with Crippen LogP contribution in [0.25, 0.3) is 0 Å². The van der Waals surface area contributed by atoms with Crippen molar-refractivity contribution in [1.82, 2.24) is 10.6 Å². The molecule has 3 aromatic carbocycles. The summed E-state index contributed by atoms with van der Waals surface area (Å²) in [6, 6.07) is 25.9. The summed E-state index contributed by atoms with van der Waals surface area (Å²) in [6.45, 7) is 0.653. The van der Waals surface area contributed by atoms with Gasteiger partial charge >= 0.3 is 0 Å². The van der Waals surface area contributed by atoms with Gasteiger partial charge in [0, 0.05) is 5.56 Å². The van der Waals surface area contributed by atoms with Gasteiger partial charge in [-0.1, -0.05) is 48.5 Å². The third kappa shape index (κ3) is 6.97. The Labute approximate surface area is 182 Å². The molecule has 1 atom stereocenters. The van der Waals surface area contributed by atoms with Crippen LogP contribution in [-0.4, -0.2) is 39.0 Å². The molecule has 0 bridgehead atoms. The van der Waals surface area contributed by atoms with Crippen molar-refractivity contribution < 1.29 is 19.2 Å². The van der Waals surface area contributed by atoms with Crippen molar-refractivity contribution in [3.8, 4) is 11.5 Å². The SMILES string of the molecule is C[NH+](C)C[C@@H](NC(=O)CNC(=O)c1ccc(Oc2ccccc2)cc1)c1ccccc1. The van der Waals surface area contributed by atoms with E-state index in [1.165, 1.54) is 4.90 Å². The highest BCUT2D eigenvalue weighted by molar-refractivity contribution is 5.96. The molecule has 0 saturated carbocycles. The first-order chi connectivity index (χ1) is 15.0. The van der Waals surface area contributed by atoms with Crippen LogP contribution in [0.2, 0.25) is 0 Å². The first-order valence-electron chi connectivity index (χ1n) is 10.3. The summed E-state index contributed by atoms with van der Waals surface area (Å²) in [4.78, 5) is 26.1. The van der Waals surface area contributed by atoms with E-state index in [1.807, 2.05) is 74.8 Å². The van der Waals surface area contributed by atoms with E-state index in [-0.39, 0.29) is 24.4 Å². The molecule has 0 unspecified atom stereocenters. The first-order valence-corrected chi connectivity index (χ1v) is 10.3. The van der Waals surface area contributed by atoms with Crippen molar-refractivity contribution in [3.05, 3.63) is 96.1 Å². The van der Waals surface area contributed by atoms with Gasteiger partial charge in [-0.25, -0.2) is 0 Å². The van der Waals surface area contributed by atoms with Crippen molar-refractivity contribution in [1.29, 1.82) is 0 Å². The third-order valence-electron chi connectivity index (χ3n) is 4.65. The number of benzene rings is 3. The minimum Gasteiger partial charge on any atom is -0.457 e. The Morgan fingerprint density at radius 3 is 2.03 bits per heavy atom. The zero-order valence-corrected chi connectivity index (χ0v) is 17.8. The largest absolute Gasteiger partial charge is 0.457 e. The Morgan fingerprint density at radius 2 is 1.42 bits per heavy atom. The van der Waals surface area contributed by atoms with Gasteiger partial charge in [0.1, 0.15) is 24.1 Å². The average molecular weight is 419 g/mol. The highest BCUT2D eigenvalue weighted by Gasteiger charge is 2.18. The quantitative estimate of drug-likeness (QED) is 0.499. The van der Waals surface area contributed by atoms with Gasteiger partial charge in [-0.15, -0.1) is 0 Å². The predicted octanol–water partition coefficient (Wildman–Crippen LogP) is 2.21. The molecule has 0 aliphatic carbocycles. The molecule has 3 N–H and O–H groups in total. The van der Waals surface area contributed by atoms with Crippen molar-refractivity contribution in [3.63, 3.8) is 0 Å². The maximum Gasteiger partial charge on any atom is 0.251 e. The minimum absolute atomic E-state index is 0.0901. The Morgan fingerprint density at radius 1 is 0.839 bits per heavy atom. The fraction of sp³-hybridized carbons (Fsp3) is 0.200. The highest BCUT2D eigenvalue weighted by atomic mass is 16.5. The number of para-hydroxylation sites is 1. The van der Waals surface area contributed by atoms with Gasteiger partial charge in [-0.2, -0.15) is 0 Å². The summed E-state index contributed by atoms with van der Waals surface area (Å²) in [7, 11) is 4.07. The predicted molar refractivity (Wildman–Crippen MR) is 120 cm³/mol. The molecule has 0 aliphatic rings. The normalized spacial score (nSPS) is 11.6. The van der Waals surface area contributed by atoms with Crippen LogP contribution in [0.3, 0.4) is 0 Å². The number of carbonyl (C=O) groups is 2. The molecule has 3 aromatic rings. The third-order valence-corrected chi connectivity index (χ3v) is 4.65. The van der Waals surface area contributed by atoms with Gasteiger partial charge in [0.2, 0.25) is 5.91 Å². The van der Waals surface area contributed by atoms with Crippen molar-refractivity contribution in [2.75, 3.05) is 27.2 Å². The van der Waals surface area contributed by atoms with Gasteiger partial charge < -0.3 is 20.3 Å². The Bertz CT molecular complexity index is 974. The van der Waals surface area contributed by atoms with Gasteiger partial charge in [0.05, 0.1) is 20.6 Å². The monoisotopic (exact) mass is 418 g/mol. The number of quaternary nitrogens is 1. The summed E-state index contributed by atoms with van der Waals surface area (Å²) in [6.07, 6.45) is 0. The Hall–Kier alpha value is -3.64. The second-order valence-electron chi connectivity index (χ2n) is 7.56. The molecule has 160 valence electrons. The van der Waals surface area contributed by atoms with Crippen LogP contribution in [0.5, 0.6) is 11.5 Å². The number of carbonyl (C=O) groups excluding carboxylic acids is 2. The maximum atomic E-state index is 12.4. The van der Waals surface area contributed by atoms with Crippen LogP contribution in [0.1, 0.15) is 22.0 Å². The molecule has 0 aromatic heterocycles. The van der Waals surface area contributed by atoms with E-state index in [0.29, 0.717) is 11.3 Å². The zero-order valence-electron chi connectivity index (χ0n) is 17.8.